The molecule has 0 aromatic heterocycles. The van der Waals surface area contributed by atoms with Crippen molar-refractivity contribution in [1.29, 1.82) is 0 Å². The molecule has 1 aromatic carbocycles. The lowest BCUT2D eigenvalue weighted by Gasteiger charge is -2.21. The molecule has 1 heterocycles. The van der Waals surface area contributed by atoms with Crippen LogP contribution in [-0.2, 0) is 4.79 Å². The van der Waals surface area contributed by atoms with Crippen LogP contribution in [0.25, 0.3) is 0 Å². The molecule has 1 aliphatic rings. The Morgan fingerprint density at radius 1 is 1.33 bits per heavy atom. The van der Waals surface area contributed by atoms with Crippen molar-refractivity contribution in [3.63, 3.8) is 0 Å². The molecule has 1 atom stereocenters. The Bertz CT molecular complexity index is 569. The van der Waals surface area contributed by atoms with Crippen LogP contribution in [0.4, 0.5) is 5.69 Å². The molecule has 0 saturated carbocycles. The van der Waals surface area contributed by atoms with Gasteiger partial charge in [-0.2, -0.15) is 0 Å². The molecule has 1 aromatic rings. The van der Waals surface area contributed by atoms with Crippen LogP contribution < -0.4 is 9.47 Å². The van der Waals surface area contributed by atoms with E-state index in [0.717, 1.165) is 0 Å². The van der Waals surface area contributed by atoms with E-state index in [1.165, 1.54) is 12.1 Å². The van der Waals surface area contributed by atoms with E-state index in [-0.39, 0.29) is 22.9 Å². The minimum atomic E-state index is -1.08. The number of nitro benzene ring substituents is 1. The van der Waals surface area contributed by atoms with Crippen molar-refractivity contribution in [2.75, 3.05) is 13.2 Å². The second kappa shape index (κ2) is 5.99. The summed E-state index contributed by atoms with van der Waals surface area (Å²) in [5.41, 5.74) is -0.0854. The van der Waals surface area contributed by atoms with Crippen molar-refractivity contribution in [2.45, 2.75) is 26.2 Å². The van der Waals surface area contributed by atoms with Crippen LogP contribution in [0.2, 0.25) is 0 Å². The third-order valence-electron chi connectivity index (χ3n) is 3.27. The van der Waals surface area contributed by atoms with Crippen LogP contribution in [-0.4, -0.2) is 29.2 Å². The summed E-state index contributed by atoms with van der Waals surface area (Å²) in [6.45, 7) is 4.41. The van der Waals surface area contributed by atoms with Crippen LogP contribution in [0.15, 0.2) is 12.1 Å². The molecular formula is C14H17NO6. The van der Waals surface area contributed by atoms with Gasteiger partial charge >= 0.3 is 5.97 Å². The maximum atomic E-state index is 11.5. The lowest BCUT2D eigenvalue weighted by atomic mass is 9.89. The Morgan fingerprint density at radius 3 is 2.38 bits per heavy atom. The third-order valence-corrected chi connectivity index (χ3v) is 3.27. The minimum absolute atomic E-state index is 0.0962. The van der Waals surface area contributed by atoms with E-state index in [9.17, 15) is 20.0 Å². The monoisotopic (exact) mass is 295 g/mol. The first-order valence-electron chi connectivity index (χ1n) is 6.71. The molecule has 1 unspecified atom stereocenters. The van der Waals surface area contributed by atoms with Gasteiger partial charge in [0.05, 0.1) is 16.9 Å². The van der Waals surface area contributed by atoms with E-state index in [1.807, 2.05) is 13.8 Å². The highest BCUT2D eigenvalue weighted by molar-refractivity contribution is 5.78. The van der Waals surface area contributed by atoms with E-state index in [0.29, 0.717) is 25.4 Å². The van der Waals surface area contributed by atoms with Gasteiger partial charge in [0.2, 0.25) is 0 Å². The number of carbonyl (C=O) groups is 1. The van der Waals surface area contributed by atoms with Crippen molar-refractivity contribution < 1.29 is 24.3 Å². The summed E-state index contributed by atoms with van der Waals surface area (Å²) in [5.74, 6) is -1.29. The van der Waals surface area contributed by atoms with Gasteiger partial charge < -0.3 is 14.6 Å². The average molecular weight is 295 g/mol. The third kappa shape index (κ3) is 3.24. The molecule has 0 saturated heterocycles. The Kier molecular flexibility index (Phi) is 4.30. The first-order valence-corrected chi connectivity index (χ1v) is 6.71. The molecule has 1 N–H and O–H groups in total. The largest absolute Gasteiger partial charge is 0.486 e. The van der Waals surface area contributed by atoms with Gasteiger partial charge in [0.1, 0.15) is 13.2 Å². The van der Waals surface area contributed by atoms with Crippen molar-refractivity contribution in [2.24, 2.45) is 5.92 Å². The molecule has 0 bridgehead atoms. The Morgan fingerprint density at radius 2 is 1.90 bits per heavy atom. The number of carboxylic acid groups (broad SMARTS) is 1. The number of aliphatic carboxylic acids is 1. The fraction of sp³-hybridized carbons (Fsp3) is 0.500. The van der Waals surface area contributed by atoms with Gasteiger partial charge in [-0.1, -0.05) is 13.8 Å². The van der Waals surface area contributed by atoms with Crippen molar-refractivity contribution in [1.82, 2.24) is 0 Å². The lowest BCUT2D eigenvalue weighted by molar-refractivity contribution is -0.385. The van der Waals surface area contributed by atoms with Crippen LogP contribution in [0, 0.1) is 16.0 Å². The summed E-state index contributed by atoms with van der Waals surface area (Å²) in [7, 11) is 0. The van der Waals surface area contributed by atoms with E-state index >= 15 is 0 Å². The van der Waals surface area contributed by atoms with Crippen molar-refractivity contribution in [3.8, 4) is 11.5 Å². The van der Waals surface area contributed by atoms with Gasteiger partial charge in [-0.05, 0) is 18.4 Å². The predicted octanol–water partition coefficient (Wildman–Crippen LogP) is 2.58. The highest BCUT2D eigenvalue weighted by Gasteiger charge is 2.31. The second-order valence-corrected chi connectivity index (χ2v) is 5.33. The Labute approximate surface area is 121 Å². The fourth-order valence-electron chi connectivity index (χ4n) is 2.36. The molecule has 0 amide bonds. The zero-order chi connectivity index (χ0) is 15.6. The van der Waals surface area contributed by atoms with Crippen molar-refractivity contribution in [3.05, 3.63) is 27.8 Å². The Hall–Kier alpha value is -2.31. The van der Waals surface area contributed by atoms with E-state index in [1.54, 1.807) is 0 Å². The molecule has 7 nitrogen and oxygen atoms in total. The number of hydrogen-bond acceptors (Lipinski definition) is 5. The molecule has 21 heavy (non-hydrogen) atoms. The summed E-state index contributed by atoms with van der Waals surface area (Å²) in [6.07, 6.45) is 0.315. The number of rotatable bonds is 5. The molecule has 7 heteroatoms. The lowest BCUT2D eigenvalue weighted by Crippen LogP contribution is -2.19. The van der Waals surface area contributed by atoms with E-state index in [2.05, 4.69) is 0 Å². The maximum absolute atomic E-state index is 11.5. The van der Waals surface area contributed by atoms with Gasteiger partial charge in [-0.25, -0.2) is 0 Å². The maximum Gasteiger partial charge on any atom is 0.311 e. The fourth-order valence-corrected chi connectivity index (χ4v) is 2.36. The summed E-state index contributed by atoms with van der Waals surface area (Å²) in [6, 6.07) is 2.67. The summed E-state index contributed by atoms with van der Waals surface area (Å²) in [5, 5.41) is 20.6. The molecule has 1 aliphatic heterocycles. The zero-order valence-electron chi connectivity index (χ0n) is 11.9. The number of hydrogen-bond donors (Lipinski definition) is 1. The van der Waals surface area contributed by atoms with Gasteiger partial charge in [0.25, 0.3) is 5.69 Å². The molecule has 0 radical (unpaired) electrons. The Balaban J connectivity index is 2.53. The van der Waals surface area contributed by atoms with Gasteiger partial charge in [0.15, 0.2) is 11.5 Å². The number of benzene rings is 1. The van der Waals surface area contributed by atoms with E-state index in [4.69, 9.17) is 9.47 Å². The van der Waals surface area contributed by atoms with Crippen molar-refractivity contribution >= 4 is 11.7 Å². The summed E-state index contributed by atoms with van der Waals surface area (Å²) >= 11 is 0. The summed E-state index contributed by atoms with van der Waals surface area (Å²) in [4.78, 5) is 22.1. The topological polar surface area (TPSA) is 98.9 Å². The number of nitro groups is 1. The van der Waals surface area contributed by atoms with Gasteiger partial charge in [0, 0.05) is 5.56 Å². The highest BCUT2D eigenvalue weighted by Crippen LogP contribution is 2.41. The quantitative estimate of drug-likeness (QED) is 0.662. The molecule has 0 spiro atoms. The first kappa shape index (κ1) is 15.1. The first-order chi connectivity index (χ1) is 9.90. The molecule has 0 aliphatic carbocycles. The normalized spacial score (nSPS) is 14.8. The van der Waals surface area contributed by atoms with Crippen LogP contribution in [0.3, 0.4) is 0 Å². The minimum Gasteiger partial charge on any atom is -0.486 e. The predicted molar refractivity (Wildman–Crippen MR) is 73.9 cm³/mol. The van der Waals surface area contributed by atoms with Crippen LogP contribution in [0.5, 0.6) is 11.5 Å². The number of ether oxygens (including phenoxy) is 2. The molecular weight excluding hydrogens is 278 g/mol. The number of nitrogens with zero attached hydrogens (tertiary/aromatic N) is 1. The van der Waals surface area contributed by atoms with Crippen LogP contribution in [0.1, 0.15) is 31.7 Å². The van der Waals surface area contributed by atoms with Gasteiger partial charge in [-0.3, -0.25) is 14.9 Å². The zero-order valence-corrected chi connectivity index (χ0v) is 11.9. The average Bonchev–Trinajstić information content (AvgIpc) is 2.42. The standard InChI is InChI=1S/C14H17NO6/c1-8(2)5-10(14(16)17)9-6-12-13(21-4-3-20-12)7-11(9)15(18)19/h6-8,10H,3-5H2,1-2H3,(H,16,17). The molecule has 0 fully saturated rings. The highest BCUT2D eigenvalue weighted by atomic mass is 16.6. The summed E-state index contributed by atoms with van der Waals surface area (Å²) < 4.78 is 10.7. The number of fused-ring (bicyclic) bond motifs is 1. The smallest absolute Gasteiger partial charge is 0.311 e. The van der Waals surface area contributed by atoms with Crippen LogP contribution >= 0.6 is 0 Å². The molecule has 2 rings (SSSR count). The second-order valence-electron chi connectivity index (χ2n) is 5.33. The number of carboxylic acids is 1. The van der Waals surface area contributed by atoms with E-state index < -0.39 is 16.8 Å². The van der Waals surface area contributed by atoms with Gasteiger partial charge in [-0.15, -0.1) is 0 Å². The molecule has 114 valence electrons. The SMILES string of the molecule is CC(C)CC(C(=O)O)c1cc2c(cc1[N+](=O)[O-])OCCO2.